The fourth-order valence-corrected chi connectivity index (χ4v) is 3.54. The van der Waals surface area contributed by atoms with Crippen LogP contribution in [0.15, 0.2) is 0 Å². The van der Waals surface area contributed by atoms with Crippen LogP contribution in [0.1, 0.15) is 52.9 Å². The minimum Gasteiger partial charge on any atom is -0.343 e. The van der Waals surface area contributed by atoms with Crippen molar-refractivity contribution in [3.05, 3.63) is 0 Å². The summed E-state index contributed by atoms with van der Waals surface area (Å²) in [6, 6.07) is 0. The first-order valence-electron chi connectivity index (χ1n) is 7.91. The van der Waals surface area contributed by atoms with E-state index in [9.17, 15) is 4.79 Å². The molecule has 2 fully saturated rings. The van der Waals surface area contributed by atoms with Crippen LogP contribution in [0.25, 0.3) is 0 Å². The molecule has 0 saturated carbocycles. The largest absolute Gasteiger partial charge is 0.343 e. The normalized spacial score (nSPS) is 21.1. The summed E-state index contributed by atoms with van der Waals surface area (Å²) in [5.41, 5.74) is 0. The first-order chi connectivity index (χ1) is 9.25. The second-order valence-electron chi connectivity index (χ2n) is 5.28. The summed E-state index contributed by atoms with van der Waals surface area (Å²) in [5, 5.41) is 0. The van der Waals surface area contributed by atoms with Crippen LogP contribution in [0, 0.1) is 5.92 Å². The minimum absolute atomic E-state index is 0.364. The van der Waals surface area contributed by atoms with E-state index >= 15 is 0 Å². The first kappa shape index (κ1) is 16.8. The van der Waals surface area contributed by atoms with E-state index in [4.69, 9.17) is 0 Å². The van der Waals surface area contributed by atoms with Crippen molar-refractivity contribution in [3.8, 4) is 0 Å². The highest BCUT2D eigenvalue weighted by Gasteiger charge is 2.20. The molecule has 0 spiro atoms. The SMILES string of the molecule is CC.CC1CCN(C(=O)CCSN2CCCC2)CC1. The summed E-state index contributed by atoms with van der Waals surface area (Å²) in [5.74, 6) is 2.13. The van der Waals surface area contributed by atoms with Gasteiger partial charge < -0.3 is 4.90 Å². The van der Waals surface area contributed by atoms with E-state index in [0.717, 1.165) is 31.2 Å². The topological polar surface area (TPSA) is 23.6 Å². The lowest BCUT2D eigenvalue weighted by Crippen LogP contribution is -2.38. The first-order valence-corrected chi connectivity index (χ1v) is 8.85. The molecule has 3 nitrogen and oxygen atoms in total. The third-order valence-corrected chi connectivity index (χ3v) is 4.91. The van der Waals surface area contributed by atoms with Crippen LogP contribution in [0.2, 0.25) is 0 Å². The van der Waals surface area contributed by atoms with Gasteiger partial charge in [0.1, 0.15) is 0 Å². The molecule has 0 unspecified atom stereocenters. The van der Waals surface area contributed by atoms with Gasteiger partial charge in [0.15, 0.2) is 0 Å². The Kier molecular flexibility index (Phi) is 8.55. The van der Waals surface area contributed by atoms with Crippen LogP contribution in [0.3, 0.4) is 0 Å². The molecule has 19 heavy (non-hydrogen) atoms. The van der Waals surface area contributed by atoms with Crippen molar-refractivity contribution >= 4 is 17.9 Å². The Labute approximate surface area is 123 Å². The second kappa shape index (κ2) is 9.65. The highest BCUT2D eigenvalue weighted by Crippen LogP contribution is 2.20. The molecule has 2 saturated heterocycles. The molecule has 2 aliphatic heterocycles. The molecule has 2 aliphatic rings. The van der Waals surface area contributed by atoms with Gasteiger partial charge in [-0.15, -0.1) is 0 Å². The molecule has 2 rings (SSSR count). The van der Waals surface area contributed by atoms with Crippen molar-refractivity contribution < 1.29 is 4.79 Å². The second-order valence-corrected chi connectivity index (χ2v) is 6.47. The number of amides is 1. The number of hydrogen-bond donors (Lipinski definition) is 0. The Morgan fingerprint density at radius 2 is 1.68 bits per heavy atom. The average Bonchev–Trinajstić information content (AvgIpc) is 2.95. The van der Waals surface area contributed by atoms with Gasteiger partial charge in [-0.05, 0) is 31.6 Å². The molecular weight excluding hydrogens is 256 g/mol. The zero-order valence-corrected chi connectivity index (χ0v) is 13.7. The van der Waals surface area contributed by atoms with Crippen molar-refractivity contribution in [2.75, 3.05) is 31.9 Å². The van der Waals surface area contributed by atoms with Crippen LogP contribution < -0.4 is 0 Å². The zero-order valence-electron chi connectivity index (χ0n) is 12.9. The molecule has 2 heterocycles. The molecule has 0 aromatic heterocycles. The third kappa shape index (κ3) is 6.17. The number of rotatable bonds is 4. The maximum Gasteiger partial charge on any atom is 0.223 e. The molecule has 0 aliphatic carbocycles. The van der Waals surface area contributed by atoms with E-state index in [1.165, 1.54) is 38.8 Å². The van der Waals surface area contributed by atoms with E-state index in [-0.39, 0.29) is 0 Å². The molecule has 0 radical (unpaired) electrons. The van der Waals surface area contributed by atoms with E-state index < -0.39 is 0 Å². The fourth-order valence-electron chi connectivity index (χ4n) is 2.50. The van der Waals surface area contributed by atoms with Crippen molar-refractivity contribution in [2.45, 2.75) is 52.9 Å². The molecular formula is C15H30N2OS. The summed E-state index contributed by atoms with van der Waals surface area (Å²) in [6.45, 7) is 10.7. The van der Waals surface area contributed by atoms with Crippen LogP contribution >= 0.6 is 11.9 Å². The predicted octanol–water partition coefficient (Wildman–Crippen LogP) is 3.41. The number of carbonyl (C=O) groups is 1. The monoisotopic (exact) mass is 286 g/mol. The van der Waals surface area contributed by atoms with Crippen LogP contribution in [-0.4, -0.2) is 47.0 Å². The van der Waals surface area contributed by atoms with Gasteiger partial charge in [0.05, 0.1) is 0 Å². The van der Waals surface area contributed by atoms with E-state index in [1.807, 2.05) is 25.8 Å². The fraction of sp³-hybridized carbons (Fsp3) is 0.933. The predicted molar refractivity (Wildman–Crippen MR) is 84.2 cm³/mol. The smallest absolute Gasteiger partial charge is 0.223 e. The van der Waals surface area contributed by atoms with Crippen LogP contribution in [-0.2, 0) is 4.79 Å². The summed E-state index contributed by atoms with van der Waals surface area (Å²) in [7, 11) is 0. The minimum atomic E-state index is 0.364. The number of likely N-dealkylation sites (tertiary alicyclic amines) is 1. The highest BCUT2D eigenvalue weighted by molar-refractivity contribution is 7.97. The Morgan fingerprint density at radius 1 is 1.11 bits per heavy atom. The van der Waals surface area contributed by atoms with Gasteiger partial charge >= 0.3 is 0 Å². The number of carbonyl (C=O) groups excluding carboxylic acids is 1. The number of nitrogens with zero attached hydrogens (tertiary/aromatic N) is 2. The van der Waals surface area contributed by atoms with Gasteiger partial charge in [-0.25, -0.2) is 0 Å². The Bertz CT molecular complexity index is 247. The highest BCUT2D eigenvalue weighted by atomic mass is 32.2. The molecule has 0 bridgehead atoms. The standard InChI is InChI=1S/C13H24N2OS.C2H6/c1-12-4-9-14(10-5-12)13(16)6-11-17-15-7-2-3-8-15;1-2/h12H,2-11H2,1H3;1-2H3. The summed E-state index contributed by atoms with van der Waals surface area (Å²) >= 11 is 1.86. The van der Waals surface area contributed by atoms with Gasteiger partial charge in [0, 0.05) is 38.4 Å². The third-order valence-electron chi connectivity index (χ3n) is 3.79. The summed E-state index contributed by atoms with van der Waals surface area (Å²) < 4.78 is 2.41. The van der Waals surface area contributed by atoms with Crippen molar-refractivity contribution in [1.82, 2.24) is 9.21 Å². The molecule has 0 atom stereocenters. The van der Waals surface area contributed by atoms with Gasteiger partial charge in [-0.3, -0.25) is 9.10 Å². The molecule has 4 heteroatoms. The summed E-state index contributed by atoms with van der Waals surface area (Å²) in [6.07, 6.45) is 5.74. The Hall–Kier alpha value is -0.220. The van der Waals surface area contributed by atoms with E-state index in [2.05, 4.69) is 16.1 Å². The van der Waals surface area contributed by atoms with Crippen molar-refractivity contribution in [2.24, 2.45) is 5.92 Å². The maximum absolute atomic E-state index is 12.0. The summed E-state index contributed by atoms with van der Waals surface area (Å²) in [4.78, 5) is 14.0. The maximum atomic E-state index is 12.0. The van der Waals surface area contributed by atoms with Crippen LogP contribution in [0.5, 0.6) is 0 Å². The van der Waals surface area contributed by atoms with E-state index in [1.54, 1.807) is 0 Å². The van der Waals surface area contributed by atoms with Gasteiger partial charge in [0.2, 0.25) is 5.91 Å². The molecule has 0 aromatic carbocycles. The van der Waals surface area contributed by atoms with Gasteiger partial charge in [-0.2, -0.15) is 0 Å². The number of piperidine rings is 1. The quantitative estimate of drug-likeness (QED) is 0.740. The Balaban J connectivity index is 0.000000861. The van der Waals surface area contributed by atoms with Crippen molar-refractivity contribution in [3.63, 3.8) is 0 Å². The molecule has 0 N–H and O–H groups in total. The zero-order chi connectivity index (χ0) is 14.1. The van der Waals surface area contributed by atoms with Gasteiger partial charge in [0.25, 0.3) is 0 Å². The lowest BCUT2D eigenvalue weighted by Gasteiger charge is -2.30. The van der Waals surface area contributed by atoms with Crippen LogP contribution in [0.4, 0.5) is 0 Å². The molecule has 1 amide bonds. The van der Waals surface area contributed by atoms with Gasteiger partial charge in [-0.1, -0.05) is 32.7 Å². The lowest BCUT2D eigenvalue weighted by atomic mass is 9.99. The number of hydrogen-bond acceptors (Lipinski definition) is 3. The average molecular weight is 286 g/mol. The lowest BCUT2D eigenvalue weighted by molar-refractivity contribution is -0.132. The van der Waals surface area contributed by atoms with Crippen molar-refractivity contribution in [1.29, 1.82) is 0 Å². The molecule has 112 valence electrons. The van der Waals surface area contributed by atoms with E-state index in [0.29, 0.717) is 5.91 Å². The molecule has 0 aromatic rings. The Morgan fingerprint density at radius 3 is 2.26 bits per heavy atom.